The van der Waals surface area contributed by atoms with Gasteiger partial charge in [-0.15, -0.1) is 0 Å². The van der Waals surface area contributed by atoms with Crippen molar-refractivity contribution in [3.63, 3.8) is 0 Å². The fourth-order valence-electron chi connectivity index (χ4n) is 1.81. The lowest BCUT2D eigenvalue weighted by atomic mass is 10.1. The first-order valence-corrected chi connectivity index (χ1v) is 6.03. The number of carbonyl (C=O) groups excluding carboxylic acids is 1. The van der Waals surface area contributed by atoms with E-state index < -0.39 is 11.9 Å². The Morgan fingerprint density at radius 3 is 2.43 bits per heavy atom. The van der Waals surface area contributed by atoms with Crippen LogP contribution in [-0.4, -0.2) is 29.2 Å². The number of hydrogen-bond acceptors (Lipinski definition) is 4. The Balaban J connectivity index is 2.26. The summed E-state index contributed by atoms with van der Waals surface area (Å²) in [5.74, 6) is -1.62. The van der Waals surface area contributed by atoms with Gasteiger partial charge in [-0.3, -0.25) is 4.79 Å². The van der Waals surface area contributed by atoms with Crippen molar-refractivity contribution < 1.29 is 24.5 Å². The van der Waals surface area contributed by atoms with Gasteiger partial charge in [0.1, 0.15) is 17.1 Å². The Morgan fingerprint density at radius 1 is 1.10 bits per heavy atom. The molecule has 0 atom stereocenters. The monoisotopic (exact) mass is 287 g/mol. The number of rotatable bonds is 4. The summed E-state index contributed by atoms with van der Waals surface area (Å²) in [6.45, 7) is 0. The second-order valence-corrected chi connectivity index (χ2v) is 4.19. The van der Waals surface area contributed by atoms with Crippen molar-refractivity contribution in [3.05, 3.63) is 53.6 Å². The molecule has 6 heteroatoms. The highest BCUT2D eigenvalue weighted by Crippen LogP contribution is 2.24. The van der Waals surface area contributed by atoms with Gasteiger partial charge >= 0.3 is 5.97 Å². The van der Waals surface area contributed by atoms with E-state index in [1.165, 1.54) is 37.4 Å². The molecule has 21 heavy (non-hydrogen) atoms. The quantitative estimate of drug-likeness (QED) is 0.802. The van der Waals surface area contributed by atoms with Crippen LogP contribution in [0.25, 0.3) is 0 Å². The van der Waals surface area contributed by atoms with E-state index in [9.17, 15) is 14.7 Å². The highest BCUT2D eigenvalue weighted by molar-refractivity contribution is 6.06. The molecule has 0 heterocycles. The third kappa shape index (κ3) is 3.11. The molecule has 0 aromatic heterocycles. The Bertz CT molecular complexity index is 696. The normalized spacial score (nSPS) is 9.95. The number of ether oxygens (including phenoxy) is 1. The summed E-state index contributed by atoms with van der Waals surface area (Å²) in [5, 5.41) is 21.2. The lowest BCUT2D eigenvalue weighted by molar-refractivity contribution is 0.0693. The molecular formula is C15H13NO5. The molecule has 0 saturated heterocycles. The lowest BCUT2D eigenvalue weighted by Crippen LogP contribution is -2.12. The van der Waals surface area contributed by atoms with E-state index in [1.54, 1.807) is 12.1 Å². The molecule has 6 nitrogen and oxygen atoms in total. The van der Waals surface area contributed by atoms with Crippen LogP contribution in [0.3, 0.4) is 0 Å². The maximum atomic E-state index is 12.0. The first-order chi connectivity index (χ1) is 10.0. The van der Waals surface area contributed by atoms with Gasteiger partial charge in [0.2, 0.25) is 0 Å². The molecule has 2 rings (SSSR count). The van der Waals surface area contributed by atoms with Gasteiger partial charge in [-0.05, 0) is 24.3 Å². The maximum Gasteiger partial charge on any atom is 0.339 e. The van der Waals surface area contributed by atoms with Crippen LogP contribution in [0, 0.1) is 0 Å². The number of anilines is 1. The smallest absolute Gasteiger partial charge is 0.339 e. The van der Waals surface area contributed by atoms with Gasteiger partial charge in [0.05, 0.1) is 12.7 Å². The molecule has 0 saturated carbocycles. The number of carboxylic acids is 1. The minimum absolute atomic E-state index is 0.00180. The molecule has 0 aliphatic carbocycles. The Hall–Kier alpha value is -3.02. The predicted octanol–water partition coefficient (Wildman–Crippen LogP) is 2.35. The van der Waals surface area contributed by atoms with Crippen LogP contribution in [0.4, 0.5) is 5.69 Å². The van der Waals surface area contributed by atoms with Gasteiger partial charge in [-0.1, -0.05) is 12.1 Å². The highest BCUT2D eigenvalue weighted by atomic mass is 16.5. The molecule has 0 spiro atoms. The first-order valence-electron chi connectivity index (χ1n) is 6.03. The molecule has 0 aliphatic heterocycles. The number of hydrogen-bond donors (Lipinski definition) is 3. The van der Waals surface area contributed by atoms with Gasteiger partial charge in [0, 0.05) is 11.8 Å². The highest BCUT2D eigenvalue weighted by Gasteiger charge is 2.14. The standard InChI is InChI=1S/C15H13NO5/c1-21-13-8-9(6-7-11(13)15(19)20)16-14(18)10-4-2-3-5-12(10)17/h2-8,17H,1H3,(H,16,18)(H,19,20). The number of para-hydroxylation sites is 1. The zero-order valence-corrected chi connectivity index (χ0v) is 11.2. The van der Waals surface area contributed by atoms with Crippen molar-refractivity contribution >= 4 is 17.6 Å². The van der Waals surface area contributed by atoms with Crippen LogP contribution in [0.2, 0.25) is 0 Å². The van der Waals surface area contributed by atoms with Crippen LogP contribution in [-0.2, 0) is 0 Å². The number of phenolic OH excluding ortho intramolecular Hbond substituents is 1. The average molecular weight is 287 g/mol. The number of phenols is 1. The van der Waals surface area contributed by atoms with Gasteiger partial charge < -0.3 is 20.3 Å². The molecule has 108 valence electrons. The average Bonchev–Trinajstić information content (AvgIpc) is 2.47. The van der Waals surface area contributed by atoms with E-state index in [-0.39, 0.29) is 22.6 Å². The third-order valence-corrected chi connectivity index (χ3v) is 2.84. The second kappa shape index (κ2) is 5.96. The minimum atomic E-state index is -1.12. The predicted molar refractivity (Wildman–Crippen MR) is 76.0 cm³/mol. The van der Waals surface area contributed by atoms with Crippen LogP contribution >= 0.6 is 0 Å². The number of carboxylic acid groups (broad SMARTS) is 1. The molecule has 2 aromatic rings. The molecule has 2 aromatic carbocycles. The molecule has 0 unspecified atom stereocenters. The first kappa shape index (κ1) is 14.4. The summed E-state index contributed by atoms with van der Waals surface area (Å²) in [7, 11) is 1.34. The van der Waals surface area contributed by atoms with Crippen molar-refractivity contribution in [2.75, 3.05) is 12.4 Å². The van der Waals surface area contributed by atoms with E-state index in [2.05, 4.69) is 5.32 Å². The second-order valence-electron chi connectivity index (χ2n) is 4.19. The molecule has 0 radical (unpaired) electrons. The summed E-state index contributed by atoms with van der Waals surface area (Å²) in [5.41, 5.74) is 0.488. The van der Waals surface area contributed by atoms with Crippen molar-refractivity contribution in [2.45, 2.75) is 0 Å². The van der Waals surface area contributed by atoms with Gasteiger partial charge in [-0.25, -0.2) is 4.79 Å². The SMILES string of the molecule is COc1cc(NC(=O)c2ccccc2O)ccc1C(=O)O. The summed E-state index contributed by atoms with van der Waals surface area (Å²) in [6, 6.07) is 10.3. The van der Waals surface area contributed by atoms with E-state index in [4.69, 9.17) is 9.84 Å². The number of methoxy groups -OCH3 is 1. The van der Waals surface area contributed by atoms with Crippen molar-refractivity contribution in [3.8, 4) is 11.5 Å². The Kier molecular flexibility index (Phi) is 4.08. The molecular weight excluding hydrogens is 274 g/mol. The molecule has 0 aliphatic rings. The fraction of sp³-hybridized carbons (Fsp3) is 0.0667. The molecule has 0 fully saturated rings. The molecule has 1 amide bonds. The Morgan fingerprint density at radius 2 is 1.81 bits per heavy atom. The maximum absolute atomic E-state index is 12.0. The number of amides is 1. The summed E-state index contributed by atoms with van der Waals surface area (Å²) < 4.78 is 4.98. The summed E-state index contributed by atoms with van der Waals surface area (Å²) in [6.07, 6.45) is 0. The van der Waals surface area contributed by atoms with E-state index in [1.807, 2.05) is 0 Å². The summed E-state index contributed by atoms with van der Waals surface area (Å²) >= 11 is 0. The molecule has 3 N–H and O–H groups in total. The van der Waals surface area contributed by atoms with Crippen molar-refractivity contribution in [1.29, 1.82) is 0 Å². The lowest BCUT2D eigenvalue weighted by Gasteiger charge is -2.10. The zero-order chi connectivity index (χ0) is 15.4. The minimum Gasteiger partial charge on any atom is -0.507 e. The van der Waals surface area contributed by atoms with Crippen LogP contribution < -0.4 is 10.1 Å². The fourth-order valence-corrected chi connectivity index (χ4v) is 1.81. The van der Waals surface area contributed by atoms with Crippen LogP contribution in [0.1, 0.15) is 20.7 Å². The third-order valence-electron chi connectivity index (χ3n) is 2.84. The van der Waals surface area contributed by atoms with Crippen molar-refractivity contribution in [2.24, 2.45) is 0 Å². The van der Waals surface area contributed by atoms with Gasteiger partial charge in [0.15, 0.2) is 0 Å². The topological polar surface area (TPSA) is 95.9 Å². The van der Waals surface area contributed by atoms with Crippen LogP contribution in [0.5, 0.6) is 11.5 Å². The largest absolute Gasteiger partial charge is 0.507 e. The van der Waals surface area contributed by atoms with Crippen LogP contribution in [0.15, 0.2) is 42.5 Å². The number of aromatic hydroxyl groups is 1. The van der Waals surface area contributed by atoms with Gasteiger partial charge in [0.25, 0.3) is 5.91 Å². The number of benzene rings is 2. The van der Waals surface area contributed by atoms with E-state index in [0.29, 0.717) is 5.69 Å². The van der Waals surface area contributed by atoms with E-state index in [0.717, 1.165) is 0 Å². The number of nitrogens with one attached hydrogen (secondary N) is 1. The number of carbonyl (C=O) groups is 2. The van der Waals surface area contributed by atoms with Gasteiger partial charge in [-0.2, -0.15) is 0 Å². The summed E-state index contributed by atoms with van der Waals surface area (Å²) in [4.78, 5) is 23.0. The Labute approximate surface area is 120 Å². The zero-order valence-electron chi connectivity index (χ0n) is 11.2. The molecule has 0 bridgehead atoms. The van der Waals surface area contributed by atoms with E-state index >= 15 is 0 Å². The number of aromatic carboxylic acids is 1. The van der Waals surface area contributed by atoms with Crippen molar-refractivity contribution in [1.82, 2.24) is 0 Å².